The molecule has 0 saturated carbocycles. The minimum Gasteiger partial charge on any atom is -0.492 e. The lowest BCUT2D eigenvalue weighted by Crippen LogP contribution is -2.32. The van der Waals surface area contributed by atoms with E-state index in [2.05, 4.69) is 11.9 Å². The van der Waals surface area contributed by atoms with Crippen molar-refractivity contribution in [1.82, 2.24) is 4.90 Å². The van der Waals surface area contributed by atoms with Gasteiger partial charge in [0.2, 0.25) is 0 Å². The summed E-state index contributed by atoms with van der Waals surface area (Å²) in [5.74, 6) is 0.827. The van der Waals surface area contributed by atoms with E-state index in [4.69, 9.17) is 21.1 Å². The van der Waals surface area contributed by atoms with E-state index in [0.29, 0.717) is 17.7 Å². The second kappa shape index (κ2) is 6.98. The van der Waals surface area contributed by atoms with E-state index in [-0.39, 0.29) is 0 Å². The summed E-state index contributed by atoms with van der Waals surface area (Å²) in [5.41, 5.74) is 0. The molecule has 0 radical (unpaired) electrons. The fourth-order valence-corrected chi connectivity index (χ4v) is 2.28. The van der Waals surface area contributed by atoms with Gasteiger partial charge in [-0.1, -0.05) is 17.7 Å². The Morgan fingerprint density at radius 1 is 1.50 bits per heavy atom. The van der Waals surface area contributed by atoms with E-state index in [1.807, 2.05) is 24.3 Å². The Balaban J connectivity index is 1.65. The van der Waals surface area contributed by atoms with Crippen LogP contribution in [0.15, 0.2) is 24.3 Å². The zero-order valence-electron chi connectivity index (χ0n) is 10.8. The standard InChI is InChI=1S/C14H20ClNO2/c1-16(11-14-6-3-8-17-14)7-9-18-13-5-2-4-12(15)10-13/h2,4-5,10,14H,3,6-9,11H2,1H3. The predicted molar refractivity (Wildman–Crippen MR) is 73.4 cm³/mol. The van der Waals surface area contributed by atoms with Gasteiger partial charge in [0.15, 0.2) is 0 Å². The predicted octanol–water partition coefficient (Wildman–Crippen LogP) is 2.83. The lowest BCUT2D eigenvalue weighted by Gasteiger charge is -2.20. The molecule has 0 amide bonds. The van der Waals surface area contributed by atoms with E-state index in [1.165, 1.54) is 12.8 Å². The van der Waals surface area contributed by atoms with Gasteiger partial charge in [-0.2, -0.15) is 0 Å². The van der Waals surface area contributed by atoms with Crippen molar-refractivity contribution in [3.63, 3.8) is 0 Å². The van der Waals surface area contributed by atoms with Crippen molar-refractivity contribution in [3.05, 3.63) is 29.3 Å². The Bertz CT molecular complexity index is 367. The Morgan fingerprint density at radius 2 is 2.39 bits per heavy atom. The van der Waals surface area contributed by atoms with Crippen molar-refractivity contribution in [2.75, 3.05) is 33.4 Å². The van der Waals surface area contributed by atoms with E-state index in [0.717, 1.165) is 25.4 Å². The van der Waals surface area contributed by atoms with E-state index in [9.17, 15) is 0 Å². The summed E-state index contributed by atoms with van der Waals surface area (Å²) in [6.45, 7) is 3.46. The van der Waals surface area contributed by atoms with Gasteiger partial charge in [-0.3, -0.25) is 0 Å². The van der Waals surface area contributed by atoms with Crippen LogP contribution in [0.1, 0.15) is 12.8 Å². The molecule has 0 aliphatic carbocycles. The van der Waals surface area contributed by atoms with Crippen LogP contribution in [-0.4, -0.2) is 44.4 Å². The summed E-state index contributed by atoms with van der Waals surface area (Å²) >= 11 is 5.89. The summed E-state index contributed by atoms with van der Waals surface area (Å²) < 4.78 is 11.3. The maximum absolute atomic E-state index is 5.89. The van der Waals surface area contributed by atoms with Crippen LogP contribution >= 0.6 is 11.6 Å². The van der Waals surface area contributed by atoms with Crippen LogP contribution < -0.4 is 4.74 Å². The number of halogens is 1. The molecule has 18 heavy (non-hydrogen) atoms. The van der Waals surface area contributed by atoms with Crippen LogP contribution in [0, 0.1) is 0 Å². The van der Waals surface area contributed by atoms with Crippen LogP contribution in [-0.2, 0) is 4.74 Å². The number of benzene rings is 1. The first-order chi connectivity index (χ1) is 8.74. The van der Waals surface area contributed by atoms with Crippen molar-refractivity contribution < 1.29 is 9.47 Å². The van der Waals surface area contributed by atoms with Crippen LogP contribution in [0.2, 0.25) is 5.02 Å². The zero-order valence-corrected chi connectivity index (χ0v) is 11.5. The molecule has 3 nitrogen and oxygen atoms in total. The molecule has 2 rings (SSSR count). The van der Waals surface area contributed by atoms with Crippen LogP contribution in [0.25, 0.3) is 0 Å². The summed E-state index contributed by atoms with van der Waals surface area (Å²) in [6.07, 6.45) is 2.78. The normalized spacial score (nSPS) is 19.4. The highest BCUT2D eigenvalue weighted by atomic mass is 35.5. The number of rotatable bonds is 6. The maximum atomic E-state index is 5.89. The molecule has 100 valence electrons. The molecule has 0 bridgehead atoms. The second-order valence-electron chi connectivity index (χ2n) is 4.70. The van der Waals surface area contributed by atoms with Crippen molar-refractivity contribution in [2.24, 2.45) is 0 Å². The Kier molecular flexibility index (Phi) is 5.29. The average molecular weight is 270 g/mol. The average Bonchev–Trinajstić information content (AvgIpc) is 2.82. The van der Waals surface area contributed by atoms with Gasteiger partial charge < -0.3 is 14.4 Å². The van der Waals surface area contributed by atoms with Gasteiger partial charge >= 0.3 is 0 Å². The molecule has 1 aromatic rings. The second-order valence-corrected chi connectivity index (χ2v) is 5.14. The first-order valence-electron chi connectivity index (χ1n) is 6.42. The molecule has 1 aromatic carbocycles. The zero-order chi connectivity index (χ0) is 12.8. The number of likely N-dealkylation sites (N-methyl/N-ethyl adjacent to an activating group) is 1. The van der Waals surface area contributed by atoms with Gasteiger partial charge in [-0.25, -0.2) is 0 Å². The quantitative estimate of drug-likeness (QED) is 0.793. The fraction of sp³-hybridized carbons (Fsp3) is 0.571. The van der Waals surface area contributed by atoms with E-state index in [1.54, 1.807) is 0 Å². The summed E-state index contributed by atoms with van der Waals surface area (Å²) in [7, 11) is 2.10. The molecular formula is C14H20ClNO2. The van der Waals surface area contributed by atoms with Gasteiger partial charge in [0.05, 0.1) is 6.10 Å². The molecule has 1 aliphatic rings. The summed E-state index contributed by atoms with van der Waals surface area (Å²) in [4.78, 5) is 2.25. The molecule has 1 atom stereocenters. The smallest absolute Gasteiger partial charge is 0.120 e. The highest BCUT2D eigenvalue weighted by Crippen LogP contribution is 2.17. The summed E-state index contributed by atoms with van der Waals surface area (Å²) in [6, 6.07) is 7.50. The van der Waals surface area contributed by atoms with Gasteiger partial charge in [0.1, 0.15) is 12.4 Å². The Labute approximate surface area is 114 Å². The lowest BCUT2D eigenvalue weighted by molar-refractivity contribution is 0.0771. The first kappa shape index (κ1) is 13.7. The first-order valence-corrected chi connectivity index (χ1v) is 6.80. The molecule has 0 N–H and O–H groups in total. The van der Waals surface area contributed by atoms with Crippen LogP contribution in [0.5, 0.6) is 5.75 Å². The highest BCUT2D eigenvalue weighted by molar-refractivity contribution is 6.30. The Morgan fingerprint density at radius 3 is 3.11 bits per heavy atom. The van der Waals surface area contributed by atoms with Crippen LogP contribution in [0.3, 0.4) is 0 Å². The molecule has 1 fully saturated rings. The third-order valence-electron chi connectivity index (χ3n) is 3.08. The van der Waals surface area contributed by atoms with Crippen molar-refractivity contribution in [3.8, 4) is 5.75 Å². The molecule has 1 unspecified atom stereocenters. The molecular weight excluding hydrogens is 250 g/mol. The number of hydrogen-bond donors (Lipinski definition) is 0. The molecule has 1 saturated heterocycles. The highest BCUT2D eigenvalue weighted by Gasteiger charge is 2.16. The maximum Gasteiger partial charge on any atom is 0.120 e. The Hall–Kier alpha value is -0.770. The SMILES string of the molecule is CN(CCOc1cccc(Cl)c1)CC1CCCO1. The molecule has 4 heteroatoms. The topological polar surface area (TPSA) is 21.7 Å². The van der Waals surface area contributed by atoms with Crippen molar-refractivity contribution in [1.29, 1.82) is 0 Å². The monoisotopic (exact) mass is 269 g/mol. The number of hydrogen-bond acceptors (Lipinski definition) is 3. The number of nitrogens with zero attached hydrogens (tertiary/aromatic N) is 1. The van der Waals surface area contributed by atoms with Crippen molar-refractivity contribution >= 4 is 11.6 Å². The summed E-state index contributed by atoms with van der Waals surface area (Å²) in [5, 5.41) is 0.709. The van der Waals surface area contributed by atoms with Crippen LogP contribution in [0.4, 0.5) is 0 Å². The molecule has 1 aliphatic heterocycles. The van der Waals surface area contributed by atoms with E-state index >= 15 is 0 Å². The largest absolute Gasteiger partial charge is 0.492 e. The fourth-order valence-electron chi connectivity index (χ4n) is 2.10. The van der Waals surface area contributed by atoms with Gasteiger partial charge in [0.25, 0.3) is 0 Å². The third-order valence-corrected chi connectivity index (χ3v) is 3.31. The lowest BCUT2D eigenvalue weighted by atomic mass is 10.2. The van der Waals surface area contributed by atoms with E-state index < -0.39 is 0 Å². The van der Waals surface area contributed by atoms with Gasteiger partial charge in [-0.15, -0.1) is 0 Å². The number of ether oxygens (including phenoxy) is 2. The minimum atomic E-state index is 0.404. The third kappa shape index (κ3) is 4.48. The molecule has 0 aromatic heterocycles. The molecule has 0 spiro atoms. The van der Waals surface area contributed by atoms with Gasteiger partial charge in [-0.05, 0) is 38.1 Å². The van der Waals surface area contributed by atoms with Crippen molar-refractivity contribution in [2.45, 2.75) is 18.9 Å². The molecule has 1 heterocycles. The minimum absolute atomic E-state index is 0.404. The van der Waals surface area contributed by atoms with Gasteiger partial charge in [0, 0.05) is 24.7 Å².